The summed E-state index contributed by atoms with van der Waals surface area (Å²) in [4.78, 5) is 111. The first-order valence-electron chi connectivity index (χ1n) is 19.8. The zero-order valence-corrected chi connectivity index (χ0v) is 35.3. The fraction of sp³-hybridized carbons (Fsp3) is 0.475. The molecule has 1 aliphatic heterocycles. The van der Waals surface area contributed by atoms with Crippen LogP contribution in [0.15, 0.2) is 53.5 Å². The molecule has 0 saturated carbocycles. The SMILES string of the molecule is CSCC[C@H](NC(=O)[C@H](CCCN=C(N)N)NC(=O)[C@H](Cc1ccc(O)cc1)NC(=O)[C@H](Cc1ccc(O)cc1)NC(=O)[C@H](CC(=O)O)NC(=O)[C@@H]1CCCN1C(C)=O)C(N)=O. The zero-order chi connectivity index (χ0) is 45.9. The lowest BCUT2D eigenvalue weighted by Crippen LogP contribution is -2.60. The summed E-state index contributed by atoms with van der Waals surface area (Å²) in [5, 5.41) is 42.2. The van der Waals surface area contributed by atoms with E-state index in [-0.39, 0.29) is 68.4 Å². The van der Waals surface area contributed by atoms with Gasteiger partial charge in [-0.2, -0.15) is 11.8 Å². The van der Waals surface area contributed by atoms with Crippen molar-refractivity contribution in [1.82, 2.24) is 31.5 Å². The van der Waals surface area contributed by atoms with Crippen molar-refractivity contribution in [3.8, 4) is 11.5 Å². The average molecular weight is 885 g/mol. The number of thioether (sulfide) groups is 1. The molecule has 1 fully saturated rings. The van der Waals surface area contributed by atoms with E-state index in [1.54, 1.807) is 0 Å². The van der Waals surface area contributed by atoms with Crippen LogP contribution in [0.3, 0.4) is 0 Å². The van der Waals surface area contributed by atoms with Crippen molar-refractivity contribution in [2.24, 2.45) is 22.2 Å². The first kappa shape index (κ1) is 49.8. The van der Waals surface area contributed by atoms with Gasteiger partial charge in [0.2, 0.25) is 41.4 Å². The van der Waals surface area contributed by atoms with Crippen molar-refractivity contribution in [3.63, 3.8) is 0 Å². The van der Waals surface area contributed by atoms with Gasteiger partial charge in [0.15, 0.2) is 5.96 Å². The number of hydrogen-bond donors (Lipinski definition) is 11. The molecule has 21 nitrogen and oxygen atoms in total. The summed E-state index contributed by atoms with van der Waals surface area (Å²) >= 11 is 1.43. The number of carbonyl (C=O) groups excluding carboxylic acids is 7. The van der Waals surface area contributed by atoms with Crippen molar-refractivity contribution in [1.29, 1.82) is 0 Å². The Morgan fingerprint density at radius 1 is 0.726 bits per heavy atom. The predicted octanol–water partition coefficient (Wildman–Crippen LogP) is -1.92. The molecular formula is C40H56N10O11S. The standard InChI is InChI=1S/C40H56N10O11S/c1-22(51)50-17-4-6-32(50)39(61)49-31(21-33(54)55)38(60)48-30(20-24-9-13-26(53)14-10-24)37(59)47-29(19-23-7-11-25(52)12-8-23)36(58)46-28(5-3-16-44-40(42)43)35(57)45-27(34(41)56)15-18-62-2/h7-14,27-32,52-53H,3-6,15-21H2,1-2H3,(H2,41,56)(H,45,57)(H,46,58)(H,47,59)(H,48,60)(H,49,61)(H,54,55)(H4,42,43,44)/t27-,28-,29-,30-,31-,32-/m0/s1. The summed E-state index contributed by atoms with van der Waals surface area (Å²) in [6.45, 7) is 1.66. The Bertz CT molecular complexity index is 1930. The topological polar surface area (TPSA) is 351 Å². The van der Waals surface area contributed by atoms with Gasteiger partial charge in [-0.1, -0.05) is 24.3 Å². The van der Waals surface area contributed by atoms with Gasteiger partial charge in [-0.3, -0.25) is 43.3 Å². The summed E-state index contributed by atoms with van der Waals surface area (Å²) in [6, 6.07) is 3.35. The lowest BCUT2D eigenvalue weighted by Gasteiger charge is -2.28. The number of aliphatic carboxylic acids is 1. The number of nitrogens with two attached hydrogens (primary N) is 3. The highest BCUT2D eigenvalue weighted by atomic mass is 32.2. The number of primary amides is 1. The number of nitrogens with one attached hydrogen (secondary N) is 5. The number of amides is 7. The van der Waals surface area contributed by atoms with Gasteiger partial charge in [-0.25, -0.2) is 0 Å². The van der Waals surface area contributed by atoms with Gasteiger partial charge in [0.25, 0.3) is 0 Å². The van der Waals surface area contributed by atoms with Crippen molar-refractivity contribution < 1.29 is 53.7 Å². The number of likely N-dealkylation sites (tertiary alicyclic amines) is 1. The van der Waals surface area contributed by atoms with E-state index in [1.807, 2.05) is 6.26 Å². The van der Waals surface area contributed by atoms with Gasteiger partial charge in [-0.05, 0) is 79.5 Å². The molecule has 2 aromatic carbocycles. The van der Waals surface area contributed by atoms with Gasteiger partial charge in [0.1, 0.15) is 47.8 Å². The van der Waals surface area contributed by atoms with E-state index in [0.29, 0.717) is 29.8 Å². The maximum atomic E-state index is 14.3. The quantitative estimate of drug-likeness (QED) is 0.0311. The number of benzene rings is 2. The highest BCUT2D eigenvalue weighted by molar-refractivity contribution is 7.98. The van der Waals surface area contributed by atoms with Gasteiger partial charge in [0.05, 0.1) is 6.42 Å². The van der Waals surface area contributed by atoms with Crippen LogP contribution in [0.25, 0.3) is 0 Å². The molecule has 1 heterocycles. The van der Waals surface area contributed by atoms with Crippen molar-refractivity contribution in [2.75, 3.05) is 25.1 Å². The molecule has 62 heavy (non-hydrogen) atoms. The lowest BCUT2D eigenvalue weighted by molar-refractivity contribution is -0.142. The zero-order valence-electron chi connectivity index (χ0n) is 34.5. The van der Waals surface area contributed by atoms with Gasteiger partial charge in [-0.15, -0.1) is 0 Å². The molecule has 0 aliphatic carbocycles. The molecule has 0 radical (unpaired) electrons. The van der Waals surface area contributed by atoms with E-state index in [9.17, 15) is 53.7 Å². The fourth-order valence-electron chi connectivity index (χ4n) is 6.60. The second kappa shape index (κ2) is 24.6. The summed E-state index contributed by atoms with van der Waals surface area (Å²) in [6.07, 6.45) is 1.64. The maximum absolute atomic E-state index is 14.3. The molecule has 22 heteroatoms. The minimum Gasteiger partial charge on any atom is -0.508 e. The molecule has 0 aromatic heterocycles. The third-order valence-corrected chi connectivity index (χ3v) is 10.5. The van der Waals surface area contributed by atoms with Crippen molar-refractivity contribution >= 4 is 65.0 Å². The minimum absolute atomic E-state index is 0.0243. The highest BCUT2D eigenvalue weighted by Crippen LogP contribution is 2.19. The van der Waals surface area contributed by atoms with Gasteiger partial charge < -0.3 is 64.0 Å². The van der Waals surface area contributed by atoms with Crippen LogP contribution in [0.4, 0.5) is 0 Å². The number of phenolic OH excluding ortho intramolecular Hbond substituents is 2. The normalized spacial score (nSPS) is 15.7. The number of guanidine groups is 1. The second-order valence-electron chi connectivity index (χ2n) is 14.6. The molecule has 0 unspecified atom stereocenters. The van der Waals surface area contributed by atoms with Crippen LogP contribution >= 0.6 is 11.8 Å². The van der Waals surface area contributed by atoms with Crippen LogP contribution in [0.1, 0.15) is 56.6 Å². The monoisotopic (exact) mass is 884 g/mol. The molecule has 7 amide bonds. The number of aliphatic imine (C=N–C) groups is 1. The van der Waals surface area contributed by atoms with E-state index in [0.717, 1.165) is 0 Å². The van der Waals surface area contributed by atoms with E-state index >= 15 is 0 Å². The number of nitrogens with zero attached hydrogens (tertiary/aromatic N) is 2. The minimum atomic E-state index is -1.70. The number of carbonyl (C=O) groups is 8. The third-order valence-electron chi connectivity index (χ3n) is 9.84. The Kier molecular flexibility index (Phi) is 19.8. The Labute approximate surface area is 362 Å². The largest absolute Gasteiger partial charge is 0.508 e. The summed E-state index contributed by atoms with van der Waals surface area (Å²) < 4.78 is 0. The van der Waals surface area contributed by atoms with Gasteiger partial charge in [0, 0.05) is 32.9 Å². The molecule has 2 aromatic rings. The molecule has 0 spiro atoms. The number of phenols is 2. The fourth-order valence-corrected chi connectivity index (χ4v) is 7.08. The molecule has 0 bridgehead atoms. The van der Waals surface area contributed by atoms with Crippen LogP contribution in [0.2, 0.25) is 0 Å². The Morgan fingerprint density at radius 3 is 1.68 bits per heavy atom. The van der Waals surface area contributed by atoms with Crippen LogP contribution in [-0.2, 0) is 51.2 Å². The molecule has 14 N–H and O–H groups in total. The first-order chi connectivity index (χ1) is 29.4. The van der Waals surface area contributed by atoms with E-state index in [1.165, 1.54) is 72.1 Å². The van der Waals surface area contributed by atoms with Crippen molar-refractivity contribution in [2.45, 2.75) is 94.5 Å². The summed E-state index contributed by atoms with van der Waals surface area (Å²) in [5.41, 5.74) is 17.3. The summed E-state index contributed by atoms with van der Waals surface area (Å²) in [7, 11) is 0. The lowest BCUT2D eigenvalue weighted by atomic mass is 10.0. The maximum Gasteiger partial charge on any atom is 0.305 e. The predicted molar refractivity (Wildman–Crippen MR) is 228 cm³/mol. The number of rotatable bonds is 24. The second-order valence-corrected chi connectivity index (χ2v) is 15.6. The molecule has 1 aliphatic rings. The van der Waals surface area contributed by atoms with Crippen LogP contribution in [0.5, 0.6) is 11.5 Å². The Balaban J connectivity index is 1.97. The Hall–Kier alpha value is -6.58. The molecule has 338 valence electrons. The smallest absolute Gasteiger partial charge is 0.305 e. The number of hydrogen-bond acceptors (Lipinski definition) is 12. The van der Waals surface area contributed by atoms with E-state index < -0.39 is 84.1 Å². The third kappa shape index (κ3) is 16.5. The van der Waals surface area contributed by atoms with Crippen LogP contribution < -0.4 is 43.8 Å². The average Bonchev–Trinajstić information content (AvgIpc) is 3.72. The Morgan fingerprint density at radius 2 is 1.21 bits per heavy atom. The molecular weight excluding hydrogens is 829 g/mol. The van der Waals surface area contributed by atoms with Crippen molar-refractivity contribution in [3.05, 3.63) is 59.7 Å². The molecule has 6 atom stereocenters. The highest BCUT2D eigenvalue weighted by Gasteiger charge is 2.37. The first-order valence-corrected chi connectivity index (χ1v) is 21.2. The van der Waals surface area contributed by atoms with E-state index in [2.05, 4.69) is 31.6 Å². The van der Waals surface area contributed by atoms with Crippen LogP contribution in [-0.4, -0.2) is 135 Å². The van der Waals surface area contributed by atoms with Gasteiger partial charge >= 0.3 is 5.97 Å². The van der Waals surface area contributed by atoms with Crippen LogP contribution in [0, 0.1) is 0 Å². The number of aromatic hydroxyl groups is 2. The molecule has 1 saturated heterocycles. The number of carboxylic acids is 1. The summed E-state index contributed by atoms with van der Waals surface area (Å²) in [5.74, 6) is -6.89. The molecule has 3 rings (SSSR count). The van der Waals surface area contributed by atoms with E-state index in [4.69, 9.17) is 17.2 Å². The number of carboxylic acid groups (broad SMARTS) is 1.